The van der Waals surface area contributed by atoms with E-state index in [1.54, 1.807) is 0 Å². The quantitative estimate of drug-likeness (QED) is 0.693. The largest absolute Gasteiger partial charge is 0.390 e. The third kappa shape index (κ3) is 2.12. The van der Waals surface area contributed by atoms with Gasteiger partial charge in [-0.2, -0.15) is 0 Å². The highest BCUT2D eigenvalue weighted by molar-refractivity contribution is 5.70. The van der Waals surface area contributed by atoms with Gasteiger partial charge in [0.05, 0.1) is 30.1 Å². The fourth-order valence-electron chi connectivity index (χ4n) is 3.69. The van der Waals surface area contributed by atoms with Gasteiger partial charge in [-0.25, -0.2) is 4.98 Å². The van der Waals surface area contributed by atoms with Crippen LogP contribution < -0.4 is 5.32 Å². The highest BCUT2D eigenvalue weighted by atomic mass is 16.3. The summed E-state index contributed by atoms with van der Waals surface area (Å²) in [4.78, 5) is 4.54. The highest BCUT2D eigenvalue weighted by Gasteiger charge is 2.37. The Kier molecular flexibility index (Phi) is 3.55. The predicted molar refractivity (Wildman–Crippen MR) is 93.1 cm³/mol. The van der Waals surface area contributed by atoms with Crippen molar-refractivity contribution in [1.82, 2.24) is 9.38 Å². The number of hydrogen-bond acceptors (Lipinski definition) is 4. The number of aliphatic hydroxyl groups is 2. The topological polar surface area (TPSA) is 69.8 Å². The van der Waals surface area contributed by atoms with Crippen LogP contribution in [0, 0.1) is 6.92 Å². The van der Waals surface area contributed by atoms with Crippen LogP contribution in [0.3, 0.4) is 0 Å². The molecule has 2 aromatic heterocycles. The average molecular weight is 323 g/mol. The zero-order chi connectivity index (χ0) is 16.8. The van der Waals surface area contributed by atoms with Crippen LogP contribution in [0.15, 0.2) is 42.6 Å². The molecule has 124 valence electrons. The van der Waals surface area contributed by atoms with Crippen LogP contribution in [-0.4, -0.2) is 25.7 Å². The van der Waals surface area contributed by atoms with Gasteiger partial charge in [-0.15, -0.1) is 0 Å². The maximum atomic E-state index is 10.7. The van der Waals surface area contributed by atoms with Crippen LogP contribution in [-0.2, 0) is 6.61 Å². The van der Waals surface area contributed by atoms with E-state index < -0.39 is 6.10 Å². The molecular formula is C19H21N3O2. The van der Waals surface area contributed by atoms with E-state index in [-0.39, 0.29) is 18.6 Å². The number of aliphatic hydroxyl groups excluding tert-OH is 2. The van der Waals surface area contributed by atoms with Gasteiger partial charge in [0.15, 0.2) is 5.65 Å². The standard InChI is InChI=1S/C19H21N3O2/c1-11-13-6-3-4-7-14(13)17(18(11)24)20-15-8-5-9-22-12(2)16(10-23)21-19(15)22/h3-9,11,17-18,20,23-24H,10H2,1-2H3. The van der Waals surface area contributed by atoms with Crippen molar-refractivity contribution < 1.29 is 10.2 Å². The van der Waals surface area contributed by atoms with E-state index in [9.17, 15) is 10.2 Å². The second-order valence-electron chi connectivity index (χ2n) is 6.45. The number of anilines is 1. The summed E-state index contributed by atoms with van der Waals surface area (Å²) in [7, 11) is 0. The second-order valence-corrected chi connectivity index (χ2v) is 6.45. The molecule has 1 aliphatic rings. The SMILES string of the molecule is Cc1c(CO)nc2c(NC3c4ccccc4C(C)C3O)cccn12. The predicted octanol–water partition coefficient (Wildman–Crippen LogP) is 2.77. The minimum Gasteiger partial charge on any atom is -0.390 e. The van der Waals surface area contributed by atoms with Crippen molar-refractivity contribution in [2.75, 3.05) is 5.32 Å². The highest BCUT2D eigenvalue weighted by Crippen LogP contribution is 2.42. The van der Waals surface area contributed by atoms with E-state index in [0.717, 1.165) is 22.6 Å². The third-order valence-corrected chi connectivity index (χ3v) is 5.12. The van der Waals surface area contributed by atoms with Crippen molar-refractivity contribution in [3.63, 3.8) is 0 Å². The first-order valence-electron chi connectivity index (χ1n) is 8.22. The molecule has 0 amide bonds. The number of nitrogens with one attached hydrogen (secondary N) is 1. The zero-order valence-electron chi connectivity index (χ0n) is 13.8. The summed E-state index contributed by atoms with van der Waals surface area (Å²) in [5, 5.41) is 23.6. The van der Waals surface area contributed by atoms with E-state index in [4.69, 9.17) is 0 Å². The molecule has 5 nitrogen and oxygen atoms in total. The summed E-state index contributed by atoms with van der Waals surface area (Å²) in [5.41, 5.74) is 5.54. The molecule has 3 atom stereocenters. The van der Waals surface area contributed by atoms with Gasteiger partial charge in [0, 0.05) is 17.8 Å². The van der Waals surface area contributed by atoms with E-state index in [0.29, 0.717) is 5.69 Å². The Morgan fingerprint density at radius 1 is 1.17 bits per heavy atom. The molecule has 1 aliphatic carbocycles. The number of benzene rings is 1. The van der Waals surface area contributed by atoms with Gasteiger partial charge in [0.1, 0.15) is 0 Å². The van der Waals surface area contributed by atoms with Crippen LogP contribution in [0.5, 0.6) is 0 Å². The monoisotopic (exact) mass is 323 g/mol. The Hall–Kier alpha value is -2.37. The van der Waals surface area contributed by atoms with E-state index in [2.05, 4.69) is 29.4 Å². The van der Waals surface area contributed by atoms with Gasteiger partial charge in [-0.05, 0) is 30.2 Å². The van der Waals surface area contributed by atoms with E-state index in [1.807, 2.05) is 41.8 Å². The van der Waals surface area contributed by atoms with Crippen LogP contribution in [0.2, 0.25) is 0 Å². The molecule has 24 heavy (non-hydrogen) atoms. The third-order valence-electron chi connectivity index (χ3n) is 5.12. The lowest BCUT2D eigenvalue weighted by Gasteiger charge is -2.21. The first-order valence-corrected chi connectivity index (χ1v) is 8.22. The van der Waals surface area contributed by atoms with E-state index >= 15 is 0 Å². The molecule has 2 heterocycles. The summed E-state index contributed by atoms with van der Waals surface area (Å²) >= 11 is 0. The second kappa shape index (κ2) is 5.61. The number of aryl methyl sites for hydroxylation is 1. The van der Waals surface area contributed by atoms with Crippen molar-refractivity contribution in [3.05, 3.63) is 65.1 Å². The first kappa shape index (κ1) is 15.2. The molecule has 0 aliphatic heterocycles. The number of rotatable bonds is 3. The first-order chi connectivity index (χ1) is 11.6. The fraction of sp³-hybridized carbons (Fsp3) is 0.316. The van der Waals surface area contributed by atoms with Gasteiger partial charge < -0.3 is 19.9 Å². The Balaban J connectivity index is 1.78. The number of fused-ring (bicyclic) bond motifs is 2. The molecule has 0 spiro atoms. The molecule has 3 aromatic rings. The molecule has 4 rings (SSSR count). The number of pyridine rings is 1. The van der Waals surface area contributed by atoms with Gasteiger partial charge in [0.25, 0.3) is 0 Å². The van der Waals surface area contributed by atoms with Crippen molar-refractivity contribution in [2.45, 2.75) is 38.5 Å². The lowest BCUT2D eigenvalue weighted by molar-refractivity contribution is 0.143. The normalized spacial score (nSPS) is 22.8. The molecule has 3 unspecified atom stereocenters. The molecular weight excluding hydrogens is 302 g/mol. The average Bonchev–Trinajstić information content (AvgIpc) is 3.06. The van der Waals surface area contributed by atoms with Crippen LogP contribution in [0.1, 0.15) is 41.4 Å². The van der Waals surface area contributed by atoms with Crippen molar-refractivity contribution in [2.24, 2.45) is 0 Å². The van der Waals surface area contributed by atoms with Gasteiger partial charge >= 0.3 is 0 Å². The van der Waals surface area contributed by atoms with Crippen molar-refractivity contribution >= 4 is 11.3 Å². The Bertz CT molecular complexity index is 903. The van der Waals surface area contributed by atoms with Crippen LogP contribution in [0.25, 0.3) is 5.65 Å². The van der Waals surface area contributed by atoms with Gasteiger partial charge in [-0.3, -0.25) is 0 Å². The lowest BCUT2D eigenvalue weighted by atomic mass is 10.0. The van der Waals surface area contributed by atoms with Crippen LogP contribution in [0.4, 0.5) is 5.69 Å². The van der Waals surface area contributed by atoms with Crippen molar-refractivity contribution in [3.8, 4) is 0 Å². The summed E-state index contributed by atoms with van der Waals surface area (Å²) in [6, 6.07) is 11.9. The smallest absolute Gasteiger partial charge is 0.160 e. The summed E-state index contributed by atoms with van der Waals surface area (Å²) in [5.74, 6) is 0.0907. The van der Waals surface area contributed by atoms with Gasteiger partial charge in [0.2, 0.25) is 0 Å². The molecule has 5 heteroatoms. The minimum atomic E-state index is -0.490. The lowest BCUT2D eigenvalue weighted by Crippen LogP contribution is -2.23. The molecule has 0 saturated heterocycles. The van der Waals surface area contributed by atoms with E-state index in [1.165, 1.54) is 5.56 Å². The van der Waals surface area contributed by atoms with Crippen molar-refractivity contribution in [1.29, 1.82) is 0 Å². The Morgan fingerprint density at radius 2 is 1.92 bits per heavy atom. The Labute approximate surface area is 140 Å². The Morgan fingerprint density at radius 3 is 2.67 bits per heavy atom. The molecule has 0 bridgehead atoms. The number of hydrogen-bond donors (Lipinski definition) is 3. The summed E-state index contributed by atoms with van der Waals surface area (Å²) in [6.07, 6.45) is 1.44. The summed E-state index contributed by atoms with van der Waals surface area (Å²) in [6.45, 7) is 3.91. The van der Waals surface area contributed by atoms with Gasteiger partial charge in [-0.1, -0.05) is 31.2 Å². The zero-order valence-corrected chi connectivity index (χ0v) is 13.8. The molecule has 1 aromatic carbocycles. The van der Waals surface area contributed by atoms with Crippen LogP contribution >= 0.6 is 0 Å². The summed E-state index contributed by atoms with van der Waals surface area (Å²) < 4.78 is 1.96. The number of aromatic nitrogens is 2. The molecule has 0 fully saturated rings. The number of imidazole rings is 1. The maximum Gasteiger partial charge on any atom is 0.160 e. The minimum absolute atomic E-state index is 0.0845. The molecule has 3 N–H and O–H groups in total. The molecule has 0 saturated carbocycles. The molecule has 0 radical (unpaired) electrons. The fourth-order valence-corrected chi connectivity index (χ4v) is 3.69. The maximum absolute atomic E-state index is 10.7. The number of nitrogens with zero attached hydrogens (tertiary/aromatic N) is 2.